The first kappa shape index (κ1) is 7.99. The maximum Gasteiger partial charge on any atom is 0.354 e. The molecular formula is C6H4N4O2S. The lowest BCUT2D eigenvalue weighted by atomic mass is 10.4. The molecule has 0 saturated carbocycles. The third kappa shape index (κ3) is 1.22. The summed E-state index contributed by atoms with van der Waals surface area (Å²) >= 11 is 3.97. The van der Waals surface area contributed by atoms with Crippen molar-refractivity contribution in [2.45, 2.75) is 5.16 Å². The van der Waals surface area contributed by atoms with Gasteiger partial charge in [0.2, 0.25) is 0 Å². The van der Waals surface area contributed by atoms with Crippen molar-refractivity contribution >= 4 is 24.2 Å². The Morgan fingerprint density at radius 2 is 2.38 bits per heavy atom. The minimum atomic E-state index is -1.11. The van der Waals surface area contributed by atoms with Crippen LogP contribution in [-0.4, -0.2) is 30.7 Å². The molecule has 0 aliphatic carbocycles. The highest BCUT2D eigenvalue weighted by molar-refractivity contribution is 7.80. The second-order valence-corrected chi connectivity index (χ2v) is 2.68. The van der Waals surface area contributed by atoms with Crippen molar-refractivity contribution in [1.82, 2.24) is 19.6 Å². The molecule has 0 unspecified atom stereocenters. The molecule has 0 amide bonds. The smallest absolute Gasteiger partial charge is 0.354 e. The van der Waals surface area contributed by atoms with E-state index in [4.69, 9.17) is 5.11 Å². The minimum absolute atomic E-state index is 0.0921. The average Bonchev–Trinajstić information content (AvgIpc) is 2.51. The summed E-state index contributed by atoms with van der Waals surface area (Å²) in [6.07, 6.45) is 1.31. The SMILES string of the molecule is O=C(O)c1cc2ncnn2c(S)n1. The molecule has 0 atom stereocenters. The van der Waals surface area contributed by atoms with Crippen LogP contribution in [0.3, 0.4) is 0 Å². The van der Waals surface area contributed by atoms with Crippen LogP contribution in [0.15, 0.2) is 17.6 Å². The van der Waals surface area contributed by atoms with Crippen LogP contribution in [0, 0.1) is 0 Å². The lowest BCUT2D eigenvalue weighted by molar-refractivity contribution is 0.0689. The minimum Gasteiger partial charge on any atom is -0.477 e. The molecule has 0 fully saturated rings. The zero-order valence-corrected chi connectivity index (χ0v) is 7.14. The van der Waals surface area contributed by atoms with Crippen LogP contribution >= 0.6 is 12.6 Å². The molecule has 7 heteroatoms. The molecule has 2 aromatic rings. The quantitative estimate of drug-likeness (QED) is 0.500. The second-order valence-electron chi connectivity index (χ2n) is 2.28. The van der Waals surface area contributed by atoms with E-state index in [0.717, 1.165) is 0 Å². The Labute approximate surface area is 77.7 Å². The van der Waals surface area contributed by atoms with Crippen molar-refractivity contribution in [3.63, 3.8) is 0 Å². The highest BCUT2D eigenvalue weighted by Crippen LogP contribution is 2.07. The van der Waals surface area contributed by atoms with E-state index in [1.165, 1.54) is 16.9 Å². The van der Waals surface area contributed by atoms with E-state index in [-0.39, 0.29) is 10.9 Å². The average molecular weight is 196 g/mol. The van der Waals surface area contributed by atoms with Crippen LogP contribution in [0.5, 0.6) is 0 Å². The molecule has 13 heavy (non-hydrogen) atoms. The number of aromatic carboxylic acids is 1. The number of aromatic nitrogens is 4. The first-order chi connectivity index (χ1) is 6.18. The summed E-state index contributed by atoms with van der Waals surface area (Å²) in [6.45, 7) is 0. The van der Waals surface area contributed by atoms with Crippen molar-refractivity contribution in [1.29, 1.82) is 0 Å². The third-order valence-corrected chi connectivity index (χ3v) is 1.76. The van der Waals surface area contributed by atoms with E-state index in [1.54, 1.807) is 0 Å². The van der Waals surface area contributed by atoms with E-state index >= 15 is 0 Å². The predicted molar refractivity (Wildman–Crippen MR) is 45.0 cm³/mol. The Morgan fingerprint density at radius 3 is 3.08 bits per heavy atom. The van der Waals surface area contributed by atoms with Gasteiger partial charge in [-0.05, 0) is 0 Å². The van der Waals surface area contributed by atoms with Gasteiger partial charge in [-0.15, -0.1) is 12.6 Å². The molecule has 0 aliphatic heterocycles. The van der Waals surface area contributed by atoms with Gasteiger partial charge in [0.1, 0.15) is 6.33 Å². The molecule has 2 rings (SSSR count). The summed E-state index contributed by atoms with van der Waals surface area (Å²) in [5.41, 5.74) is 0.322. The van der Waals surface area contributed by atoms with Crippen LogP contribution in [0.4, 0.5) is 0 Å². The Kier molecular flexibility index (Phi) is 1.66. The number of carboxylic acid groups (broad SMARTS) is 1. The standard InChI is InChI=1S/C6H4N4O2S/c11-5(12)3-1-4-7-2-8-10(4)6(13)9-3/h1-2H,(H,9,13)(H,11,12). The Bertz CT molecular complexity index is 480. The van der Waals surface area contributed by atoms with E-state index in [1.807, 2.05) is 0 Å². The van der Waals surface area contributed by atoms with E-state index in [2.05, 4.69) is 27.7 Å². The van der Waals surface area contributed by atoms with Crippen LogP contribution in [-0.2, 0) is 0 Å². The molecule has 0 aliphatic rings. The Hall–Kier alpha value is -1.63. The van der Waals surface area contributed by atoms with E-state index in [9.17, 15) is 4.79 Å². The van der Waals surface area contributed by atoms with Gasteiger partial charge in [-0.1, -0.05) is 0 Å². The predicted octanol–water partition coefficient (Wildman–Crippen LogP) is 0.111. The molecule has 0 spiro atoms. The molecule has 2 heterocycles. The van der Waals surface area contributed by atoms with E-state index in [0.29, 0.717) is 5.65 Å². The van der Waals surface area contributed by atoms with Gasteiger partial charge in [0.05, 0.1) is 0 Å². The third-order valence-electron chi connectivity index (χ3n) is 1.47. The van der Waals surface area contributed by atoms with Crippen molar-refractivity contribution < 1.29 is 9.90 Å². The van der Waals surface area contributed by atoms with E-state index < -0.39 is 5.97 Å². The maximum absolute atomic E-state index is 10.6. The first-order valence-corrected chi connectivity index (χ1v) is 3.76. The van der Waals surface area contributed by atoms with Gasteiger partial charge < -0.3 is 5.11 Å². The molecule has 0 radical (unpaired) electrons. The van der Waals surface area contributed by atoms with Crippen molar-refractivity contribution in [2.24, 2.45) is 0 Å². The Balaban J connectivity index is 2.77. The maximum atomic E-state index is 10.6. The molecule has 0 aromatic carbocycles. The van der Waals surface area contributed by atoms with Crippen LogP contribution in [0.1, 0.15) is 10.5 Å². The summed E-state index contributed by atoms with van der Waals surface area (Å²) in [6, 6.07) is 1.33. The summed E-state index contributed by atoms with van der Waals surface area (Å²) in [7, 11) is 0. The number of rotatable bonds is 1. The molecular weight excluding hydrogens is 192 g/mol. The number of thiol groups is 1. The first-order valence-electron chi connectivity index (χ1n) is 3.31. The van der Waals surface area contributed by atoms with Crippen LogP contribution < -0.4 is 0 Å². The lowest BCUT2D eigenvalue weighted by Crippen LogP contribution is -2.04. The van der Waals surface area contributed by atoms with Crippen molar-refractivity contribution in [2.75, 3.05) is 0 Å². The zero-order valence-electron chi connectivity index (χ0n) is 6.25. The number of fused-ring (bicyclic) bond motifs is 1. The summed E-state index contributed by atoms with van der Waals surface area (Å²) in [4.78, 5) is 18.1. The normalized spacial score (nSPS) is 10.5. The van der Waals surface area contributed by atoms with Crippen LogP contribution in [0.25, 0.3) is 5.65 Å². The van der Waals surface area contributed by atoms with Gasteiger partial charge in [-0.2, -0.15) is 9.61 Å². The molecule has 0 saturated heterocycles. The van der Waals surface area contributed by atoms with Crippen molar-refractivity contribution in [3.8, 4) is 0 Å². The number of hydrogen-bond acceptors (Lipinski definition) is 5. The molecule has 66 valence electrons. The number of carboxylic acids is 1. The molecule has 0 bridgehead atoms. The number of hydrogen-bond donors (Lipinski definition) is 2. The molecule has 1 N–H and O–H groups in total. The summed E-state index contributed by atoms with van der Waals surface area (Å²) in [5.74, 6) is -1.11. The highest BCUT2D eigenvalue weighted by Gasteiger charge is 2.09. The Morgan fingerprint density at radius 1 is 1.62 bits per heavy atom. The highest BCUT2D eigenvalue weighted by atomic mass is 32.1. The fraction of sp³-hybridized carbons (Fsp3) is 0. The van der Waals surface area contributed by atoms with Gasteiger partial charge in [-0.3, -0.25) is 0 Å². The van der Waals surface area contributed by atoms with Crippen LogP contribution in [0.2, 0.25) is 0 Å². The number of nitrogens with zero attached hydrogens (tertiary/aromatic N) is 4. The number of carbonyl (C=O) groups is 1. The lowest BCUT2D eigenvalue weighted by Gasteiger charge is -1.97. The van der Waals surface area contributed by atoms with Gasteiger partial charge in [0.15, 0.2) is 16.5 Å². The zero-order chi connectivity index (χ0) is 9.42. The summed E-state index contributed by atoms with van der Waals surface area (Å²) in [5, 5.41) is 12.6. The van der Waals surface area contributed by atoms with Gasteiger partial charge in [0, 0.05) is 6.07 Å². The van der Waals surface area contributed by atoms with Gasteiger partial charge >= 0.3 is 5.97 Å². The second kappa shape index (κ2) is 2.70. The summed E-state index contributed by atoms with van der Waals surface area (Å²) < 4.78 is 1.34. The van der Waals surface area contributed by atoms with Gasteiger partial charge in [0.25, 0.3) is 0 Å². The largest absolute Gasteiger partial charge is 0.477 e. The fourth-order valence-electron chi connectivity index (χ4n) is 0.922. The fourth-order valence-corrected chi connectivity index (χ4v) is 1.18. The van der Waals surface area contributed by atoms with Gasteiger partial charge in [-0.25, -0.2) is 14.8 Å². The molecule has 2 aromatic heterocycles. The topological polar surface area (TPSA) is 80.4 Å². The van der Waals surface area contributed by atoms with Crippen molar-refractivity contribution in [3.05, 3.63) is 18.1 Å². The molecule has 6 nitrogen and oxygen atoms in total. The monoisotopic (exact) mass is 196 g/mol.